The highest BCUT2D eigenvalue weighted by molar-refractivity contribution is 5.44. The van der Waals surface area contributed by atoms with Gasteiger partial charge in [-0.1, -0.05) is 6.04 Å². The number of ether oxygens (including phenoxy) is 2. The van der Waals surface area contributed by atoms with E-state index in [1.807, 2.05) is 0 Å². The Morgan fingerprint density at radius 1 is 1.64 bits per heavy atom. The van der Waals surface area contributed by atoms with Gasteiger partial charge in [-0.25, -0.2) is 0 Å². The van der Waals surface area contributed by atoms with Crippen LogP contribution in [0.3, 0.4) is 0 Å². The molecule has 1 aromatic rings. The predicted molar refractivity (Wildman–Crippen MR) is 54.8 cm³/mol. The Labute approximate surface area is 95.3 Å². The van der Waals surface area contributed by atoms with Crippen molar-refractivity contribution in [3.05, 3.63) is 23.7 Å². The molecular weight excluding hydrogens is 178 g/mol. The Kier molecular flexibility index (Phi) is 1.04. The summed E-state index contributed by atoms with van der Waals surface area (Å²) in [5.41, 5.74) is 0.106. The van der Waals surface area contributed by atoms with Gasteiger partial charge in [-0.15, -0.1) is 0 Å². The topological polar surface area (TPSA) is 30.5 Å². The highest BCUT2D eigenvalue weighted by Crippen LogP contribution is 2.32. The summed E-state index contributed by atoms with van der Waals surface area (Å²) in [5, 5.41) is 2.35. The van der Waals surface area contributed by atoms with E-state index >= 15 is 0 Å². The predicted octanol–water partition coefficient (Wildman–Crippen LogP) is 1.57. The minimum Gasteiger partial charge on any atom is -0.454 e. The summed E-state index contributed by atoms with van der Waals surface area (Å²) in [6.45, 7) is -3.26. The molecule has 0 aliphatic carbocycles. The van der Waals surface area contributed by atoms with E-state index in [0.717, 1.165) is 0 Å². The Balaban J connectivity index is 2.37. The fraction of sp³-hybridized carbons (Fsp3) is 0.455. The standard InChI is InChI=1S/C11H15NO2/c1-8(12-2)5-9-3-4-10-11(6-9)14-7-13-10/h3-4,6,8,12H,5,7H2,1-2H3/i2D3,3D,4D,6D,7D2. The maximum atomic E-state index is 8.02. The molecule has 0 amide bonds. The molecule has 2 rings (SSSR count). The monoisotopic (exact) mass is 201 g/mol. The number of benzene rings is 1. The third kappa shape index (κ3) is 1.82. The molecule has 0 spiro atoms. The largest absolute Gasteiger partial charge is 0.454 e. The molecular formula is C11H15NO2. The fourth-order valence-corrected chi connectivity index (χ4v) is 1.12. The summed E-state index contributed by atoms with van der Waals surface area (Å²) >= 11 is 0. The van der Waals surface area contributed by atoms with E-state index in [1.165, 1.54) is 0 Å². The molecule has 0 aromatic heterocycles. The highest BCUT2D eigenvalue weighted by Gasteiger charge is 2.13. The number of likely N-dealkylation sites (N-methyl/N-ethyl adjacent to an activating group) is 1. The van der Waals surface area contributed by atoms with Gasteiger partial charge in [0, 0.05) is 10.2 Å². The molecule has 0 saturated heterocycles. The zero-order valence-electron chi connectivity index (χ0n) is 15.6. The van der Waals surface area contributed by atoms with E-state index in [-0.39, 0.29) is 41.6 Å². The van der Waals surface area contributed by atoms with Crippen LogP contribution in [0.4, 0.5) is 0 Å². The van der Waals surface area contributed by atoms with Crippen molar-refractivity contribution in [1.29, 1.82) is 0 Å². The first-order chi connectivity index (χ1) is 9.91. The first-order valence-electron chi connectivity index (χ1n) is 8.19. The molecule has 1 unspecified atom stereocenters. The van der Waals surface area contributed by atoms with Crippen molar-refractivity contribution in [2.24, 2.45) is 0 Å². The van der Waals surface area contributed by atoms with Gasteiger partial charge in [0.05, 0.1) is 4.11 Å². The van der Waals surface area contributed by atoms with Gasteiger partial charge >= 0.3 is 0 Å². The number of fused-ring (bicyclic) bond motifs is 1. The van der Waals surface area contributed by atoms with E-state index in [2.05, 4.69) is 5.32 Å². The van der Waals surface area contributed by atoms with Crippen molar-refractivity contribution in [3.63, 3.8) is 0 Å². The molecule has 1 N–H and O–H groups in total. The first-order valence-corrected chi connectivity index (χ1v) is 4.19. The summed E-state index contributed by atoms with van der Waals surface area (Å²) in [6, 6.07) is -1.53. The van der Waals surface area contributed by atoms with Crippen molar-refractivity contribution in [2.75, 3.05) is 13.7 Å². The van der Waals surface area contributed by atoms with Crippen LogP contribution in [-0.2, 0) is 6.42 Å². The summed E-state index contributed by atoms with van der Waals surface area (Å²) in [6.07, 6.45) is 0.0155. The van der Waals surface area contributed by atoms with Gasteiger partial charge in [-0.2, -0.15) is 0 Å². The lowest BCUT2D eigenvalue weighted by Gasteiger charge is -2.09. The van der Waals surface area contributed by atoms with Crippen LogP contribution in [0.1, 0.15) is 23.5 Å². The van der Waals surface area contributed by atoms with Crippen LogP contribution in [0.25, 0.3) is 0 Å². The third-order valence-electron chi connectivity index (χ3n) is 1.84. The zero-order chi connectivity index (χ0) is 16.9. The van der Waals surface area contributed by atoms with Crippen LogP contribution in [0, 0.1) is 0 Å². The Hall–Kier alpha value is -1.22. The van der Waals surface area contributed by atoms with Crippen molar-refractivity contribution < 1.29 is 20.4 Å². The maximum Gasteiger partial charge on any atom is 0.231 e. The Morgan fingerprint density at radius 2 is 2.50 bits per heavy atom. The van der Waals surface area contributed by atoms with Crippen LogP contribution in [0.5, 0.6) is 11.5 Å². The van der Waals surface area contributed by atoms with Crippen LogP contribution in [0.2, 0.25) is 0 Å². The molecule has 0 saturated carbocycles. The molecule has 76 valence electrons. The van der Waals surface area contributed by atoms with Gasteiger partial charge in [0.1, 0.15) is 2.74 Å². The van der Waals surface area contributed by atoms with Gasteiger partial charge in [0.2, 0.25) is 6.75 Å². The summed E-state index contributed by atoms with van der Waals surface area (Å²) < 4.78 is 69.7. The molecule has 1 aromatic carbocycles. The smallest absolute Gasteiger partial charge is 0.231 e. The molecule has 1 atom stereocenters. The van der Waals surface area contributed by atoms with E-state index in [0.29, 0.717) is 0 Å². The minimum absolute atomic E-state index is 0.0155. The second-order valence-corrected chi connectivity index (χ2v) is 3.05. The molecule has 3 nitrogen and oxygen atoms in total. The average molecular weight is 201 g/mol. The highest BCUT2D eigenvalue weighted by atomic mass is 16.7. The van der Waals surface area contributed by atoms with Crippen LogP contribution in [-0.4, -0.2) is 19.8 Å². The van der Waals surface area contributed by atoms with Gasteiger partial charge < -0.3 is 14.8 Å². The van der Waals surface area contributed by atoms with Crippen molar-refractivity contribution >= 4 is 0 Å². The average Bonchev–Trinajstić information content (AvgIpc) is 2.66. The molecule has 0 bridgehead atoms. The van der Waals surface area contributed by atoms with Crippen molar-refractivity contribution in [1.82, 2.24) is 5.32 Å². The molecule has 3 heteroatoms. The number of nitrogens with one attached hydrogen (secondary N) is 1. The van der Waals surface area contributed by atoms with Gasteiger partial charge in [0.15, 0.2) is 11.5 Å². The van der Waals surface area contributed by atoms with Gasteiger partial charge in [0.25, 0.3) is 0 Å². The van der Waals surface area contributed by atoms with E-state index in [4.69, 9.17) is 20.4 Å². The zero-order valence-corrected chi connectivity index (χ0v) is 7.60. The summed E-state index contributed by atoms with van der Waals surface area (Å²) in [7, 11) is 0. The molecule has 0 fully saturated rings. The van der Waals surface area contributed by atoms with E-state index in [9.17, 15) is 0 Å². The second-order valence-electron chi connectivity index (χ2n) is 3.05. The second kappa shape index (κ2) is 3.88. The van der Waals surface area contributed by atoms with Crippen molar-refractivity contribution in [2.45, 2.75) is 19.4 Å². The number of hydrogen-bond donors (Lipinski definition) is 1. The van der Waals surface area contributed by atoms with Gasteiger partial charge in [-0.05, 0) is 38.0 Å². The van der Waals surface area contributed by atoms with Crippen LogP contribution in [0.15, 0.2) is 18.1 Å². The Morgan fingerprint density at radius 3 is 3.36 bits per heavy atom. The quantitative estimate of drug-likeness (QED) is 0.805. The molecule has 1 aliphatic heterocycles. The fourth-order valence-electron chi connectivity index (χ4n) is 1.12. The first kappa shape index (κ1) is 3.74. The normalized spacial score (nSPS) is 28.4. The molecule has 1 aliphatic rings. The van der Waals surface area contributed by atoms with Crippen molar-refractivity contribution in [3.8, 4) is 11.5 Å². The summed E-state index contributed by atoms with van der Waals surface area (Å²) in [4.78, 5) is 0. The maximum absolute atomic E-state index is 8.02. The molecule has 0 radical (unpaired) electrons. The molecule has 1 heterocycles. The van der Waals surface area contributed by atoms with E-state index < -0.39 is 19.8 Å². The third-order valence-corrected chi connectivity index (χ3v) is 1.84. The minimum atomic E-state index is -2.48. The lowest BCUT2D eigenvalue weighted by molar-refractivity contribution is 0.174. The lowest BCUT2D eigenvalue weighted by atomic mass is 10.1. The Bertz CT molecular complexity index is 601. The lowest BCUT2D eigenvalue weighted by Crippen LogP contribution is -2.23. The SMILES string of the molecule is [2H]c1c([2H])c2c(c([2H])c1CC(C)NC([2H])([2H])[2H])OC([2H])([2H])O2. The number of rotatable bonds is 3. The van der Waals surface area contributed by atoms with Gasteiger partial charge in [-0.3, -0.25) is 0 Å². The van der Waals surface area contributed by atoms with E-state index in [1.54, 1.807) is 6.92 Å². The molecule has 14 heavy (non-hydrogen) atoms. The number of hydrogen-bond acceptors (Lipinski definition) is 3. The summed E-state index contributed by atoms with van der Waals surface area (Å²) in [5.74, 6) is -0.512. The van der Waals surface area contributed by atoms with Crippen LogP contribution >= 0.6 is 0 Å². The van der Waals surface area contributed by atoms with Crippen LogP contribution < -0.4 is 14.8 Å².